The summed E-state index contributed by atoms with van der Waals surface area (Å²) in [5, 5.41) is 6.14. The second-order valence-corrected chi connectivity index (χ2v) is 9.06. The van der Waals surface area contributed by atoms with Crippen LogP contribution in [-0.4, -0.2) is 47.2 Å². The van der Waals surface area contributed by atoms with E-state index >= 15 is 0 Å². The number of ketones is 1. The number of methoxy groups -OCH3 is 5. The summed E-state index contributed by atoms with van der Waals surface area (Å²) in [5.74, 6) is 1.21. The Kier molecular flexibility index (Phi) is 9.39. The summed E-state index contributed by atoms with van der Waals surface area (Å²) in [4.78, 5) is 26.6. The van der Waals surface area contributed by atoms with Gasteiger partial charge in [0.1, 0.15) is 0 Å². The van der Waals surface area contributed by atoms with Gasteiger partial charge in [0.05, 0.1) is 52.5 Å². The molecule has 0 heterocycles. The average molecular weight is 572 g/mol. The number of nitrogen functional groups attached to an aromatic ring is 1. The Morgan fingerprint density at radius 3 is 1.93 bits per heavy atom. The third kappa shape index (κ3) is 6.17. The van der Waals surface area contributed by atoms with Crippen molar-refractivity contribution in [1.82, 2.24) is 0 Å². The van der Waals surface area contributed by atoms with Gasteiger partial charge in [-0.3, -0.25) is 9.59 Å². The van der Waals surface area contributed by atoms with Crippen LogP contribution in [0, 0.1) is 0 Å². The second kappa shape index (κ2) is 13.3. The van der Waals surface area contributed by atoms with E-state index in [1.807, 2.05) is 12.1 Å². The Balaban J connectivity index is 1.61. The average Bonchev–Trinajstić information content (AvgIpc) is 3.03. The zero-order chi connectivity index (χ0) is 30.2. The highest BCUT2D eigenvalue weighted by molar-refractivity contribution is 6.15. The van der Waals surface area contributed by atoms with Crippen LogP contribution in [0.1, 0.15) is 31.8 Å². The van der Waals surface area contributed by atoms with Crippen LogP contribution >= 0.6 is 0 Å². The lowest BCUT2D eigenvalue weighted by atomic mass is 9.99. The maximum Gasteiger partial charge on any atom is 0.255 e. The van der Waals surface area contributed by atoms with Crippen molar-refractivity contribution < 1.29 is 33.3 Å². The Morgan fingerprint density at radius 2 is 1.31 bits per heavy atom. The van der Waals surface area contributed by atoms with Gasteiger partial charge in [-0.25, -0.2) is 0 Å². The lowest BCUT2D eigenvalue weighted by molar-refractivity contribution is 0.102. The predicted octanol–water partition coefficient (Wildman–Crippen LogP) is 5.41. The lowest BCUT2D eigenvalue weighted by Gasteiger charge is -2.18. The van der Waals surface area contributed by atoms with Gasteiger partial charge in [0.25, 0.3) is 5.91 Å². The Morgan fingerprint density at radius 1 is 0.667 bits per heavy atom. The quantitative estimate of drug-likeness (QED) is 0.151. The molecule has 0 aliphatic rings. The number of carbonyl (C=O) groups is 2. The number of nitrogens with two attached hydrogens (primary N) is 1. The number of para-hydroxylation sites is 2. The maximum absolute atomic E-state index is 13.9. The van der Waals surface area contributed by atoms with Crippen molar-refractivity contribution in [2.24, 2.45) is 0 Å². The SMILES string of the molecule is COc1cc(NCc2ccc(C(=O)Nc3ccccc3N)cc2)c(C(=O)c2ccc(OC)c(OC)c2OC)cc1OC. The van der Waals surface area contributed by atoms with E-state index in [0.29, 0.717) is 57.7 Å². The molecule has 0 saturated heterocycles. The molecule has 0 bridgehead atoms. The number of nitrogens with one attached hydrogen (secondary N) is 2. The fourth-order valence-corrected chi connectivity index (χ4v) is 4.41. The van der Waals surface area contributed by atoms with Gasteiger partial charge in [-0.2, -0.15) is 0 Å². The smallest absolute Gasteiger partial charge is 0.255 e. The molecule has 10 heteroatoms. The monoisotopic (exact) mass is 571 g/mol. The highest BCUT2D eigenvalue weighted by atomic mass is 16.5. The molecule has 10 nitrogen and oxygen atoms in total. The van der Waals surface area contributed by atoms with Gasteiger partial charge < -0.3 is 40.1 Å². The summed E-state index contributed by atoms with van der Waals surface area (Å²) in [6.45, 7) is 0.354. The highest BCUT2D eigenvalue weighted by Gasteiger charge is 2.25. The molecule has 0 radical (unpaired) electrons. The minimum Gasteiger partial charge on any atom is -0.493 e. The van der Waals surface area contributed by atoms with Gasteiger partial charge >= 0.3 is 0 Å². The van der Waals surface area contributed by atoms with Crippen LogP contribution in [0.3, 0.4) is 0 Å². The molecule has 0 aliphatic carbocycles. The van der Waals surface area contributed by atoms with Crippen LogP contribution in [-0.2, 0) is 6.54 Å². The van der Waals surface area contributed by atoms with Crippen molar-refractivity contribution in [1.29, 1.82) is 0 Å². The number of hydrogen-bond donors (Lipinski definition) is 3. The summed E-state index contributed by atoms with van der Waals surface area (Å²) in [7, 11) is 7.46. The fourth-order valence-electron chi connectivity index (χ4n) is 4.41. The van der Waals surface area contributed by atoms with Crippen molar-refractivity contribution in [2.45, 2.75) is 6.54 Å². The van der Waals surface area contributed by atoms with E-state index < -0.39 is 0 Å². The summed E-state index contributed by atoms with van der Waals surface area (Å²) in [6, 6.07) is 20.7. The lowest BCUT2D eigenvalue weighted by Crippen LogP contribution is -2.13. The van der Waals surface area contributed by atoms with Crippen LogP contribution in [0.15, 0.2) is 72.8 Å². The molecular weight excluding hydrogens is 538 g/mol. The first-order valence-corrected chi connectivity index (χ1v) is 12.9. The van der Waals surface area contributed by atoms with E-state index in [4.69, 9.17) is 29.4 Å². The zero-order valence-electron chi connectivity index (χ0n) is 24.1. The number of benzene rings is 4. The first-order valence-electron chi connectivity index (χ1n) is 12.9. The summed E-state index contributed by atoms with van der Waals surface area (Å²) in [6.07, 6.45) is 0. The van der Waals surface area contributed by atoms with Crippen LogP contribution in [0.4, 0.5) is 17.1 Å². The first kappa shape index (κ1) is 29.6. The van der Waals surface area contributed by atoms with Crippen LogP contribution < -0.4 is 40.1 Å². The van der Waals surface area contributed by atoms with Gasteiger partial charge in [-0.1, -0.05) is 24.3 Å². The Labute approximate surface area is 244 Å². The molecule has 4 N–H and O–H groups in total. The summed E-state index contributed by atoms with van der Waals surface area (Å²) >= 11 is 0. The van der Waals surface area contributed by atoms with Crippen LogP contribution in [0.25, 0.3) is 0 Å². The molecule has 0 saturated carbocycles. The van der Waals surface area contributed by atoms with Crippen molar-refractivity contribution in [2.75, 3.05) is 51.9 Å². The molecule has 1 amide bonds. The minimum atomic E-state index is -0.330. The molecule has 0 spiro atoms. The molecule has 4 aromatic rings. The third-order valence-corrected chi connectivity index (χ3v) is 6.63. The molecule has 42 heavy (non-hydrogen) atoms. The Hall–Kier alpha value is -5.38. The van der Waals surface area contributed by atoms with Gasteiger partial charge in [-0.15, -0.1) is 0 Å². The maximum atomic E-state index is 13.9. The van der Waals surface area contributed by atoms with E-state index in [1.165, 1.54) is 35.5 Å². The predicted molar refractivity (Wildman–Crippen MR) is 162 cm³/mol. The normalized spacial score (nSPS) is 10.4. The number of hydrogen-bond acceptors (Lipinski definition) is 9. The van der Waals surface area contributed by atoms with Crippen molar-refractivity contribution in [3.8, 4) is 28.7 Å². The minimum absolute atomic E-state index is 0.244. The first-order chi connectivity index (χ1) is 20.3. The molecule has 4 aromatic carbocycles. The zero-order valence-corrected chi connectivity index (χ0v) is 24.1. The van der Waals surface area contributed by atoms with Crippen molar-refractivity contribution in [3.63, 3.8) is 0 Å². The van der Waals surface area contributed by atoms with Crippen molar-refractivity contribution >= 4 is 28.8 Å². The Bertz CT molecular complexity index is 1590. The number of ether oxygens (including phenoxy) is 5. The molecule has 0 aromatic heterocycles. The number of carbonyl (C=O) groups excluding carboxylic acids is 2. The van der Waals surface area contributed by atoms with E-state index in [2.05, 4.69) is 10.6 Å². The number of amides is 1. The molecule has 0 unspecified atom stereocenters. The van der Waals surface area contributed by atoms with E-state index in [9.17, 15) is 9.59 Å². The van der Waals surface area contributed by atoms with E-state index in [1.54, 1.807) is 60.7 Å². The van der Waals surface area contributed by atoms with Crippen LogP contribution in [0.2, 0.25) is 0 Å². The van der Waals surface area contributed by atoms with E-state index in [0.717, 1.165) is 5.56 Å². The molecule has 0 fully saturated rings. The van der Waals surface area contributed by atoms with Crippen LogP contribution in [0.5, 0.6) is 28.7 Å². The van der Waals surface area contributed by atoms with Gasteiger partial charge in [-0.05, 0) is 48.0 Å². The van der Waals surface area contributed by atoms with Gasteiger partial charge in [0.2, 0.25) is 5.75 Å². The standard InChI is InChI=1S/C32H33N3O7/c1-38-26-15-14-21(30(41-4)31(26)42-5)29(36)22-16-27(39-2)28(40-3)17-25(22)34-18-19-10-12-20(13-11-19)32(37)35-24-9-7-6-8-23(24)33/h6-17,34H,18,33H2,1-5H3,(H,35,37). The number of anilines is 3. The highest BCUT2D eigenvalue weighted by Crippen LogP contribution is 2.42. The molecule has 4 rings (SSSR count). The largest absolute Gasteiger partial charge is 0.493 e. The van der Waals surface area contributed by atoms with Gasteiger partial charge in [0, 0.05) is 29.4 Å². The molecular formula is C32H33N3O7. The molecule has 0 aliphatic heterocycles. The summed E-state index contributed by atoms with van der Waals surface area (Å²) in [5.41, 5.74) is 9.44. The molecule has 0 atom stereocenters. The molecule has 218 valence electrons. The number of rotatable bonds is 12. The van der Waals surface area contributed by atoms with E-state index in [-0.39, 0.29) is 23.0 Å². The third-order valence-electron chi connectivity index (χ3n) is 6.63. The summed E-state index contributed by atoms with van der Waals surface area (Å²) < 4.78 is 27.4. The fraction of sp³-hybridized carbons (Fsp3) is 0.188. The topological polar surface area (TPSA) is 130 Å². The van der Waals surface area contributed by atoms with Crippen molar-refractivity contribution in [3.05, 3.63) is 95.1 Å². The second-order valence-electron chi connectivity index (χ2n) is 9.06. The van der Waals surface area contributed by atoms with Gasteiger partial charge in [0.15, 0.2) is 28.8 Å².